The molecule has 0 atom stereocenters. The molecule has 2 heterocycles. The highest BCUT2D eigenvalue weighted by molar-refractivity contribution is 5.31. The first kappa shape index (κ1) is 9.51. The maximum Gasteiger partial charge on any atom is 0.328 e. The van der Waals surface area contributed by atoms with E-state index in [4.69, 9.17) is 5.73 Å². The molecule has 0 unspecified atom stereocenters. The van der Waals surface area contributed by atoms with Gasteiger partial charge < -0.3 is 10.3 Å². The molecule has 0 amide bonds. The third-order valence-corrected chi connectivity index (χ3v) is 2.22. The zero-order chi connectivity index (χ0) is 10.8. The average molecular weight is 204 g/mol. The molecule has 2 aromatic heterocycles. The first-order chi connectivity index (χ1) is 7.16. The van der Waals surface area contributed by atoms with Gasteiger partial charge in [0.05, 0.1) is 6.54 Å². The minimum atomic E-state index is -0.0367. The van der Waals surface area contributed by atoms with Gasteiger partial charge in [-0.25, -0.2) is 9.78 Å². The van der Waals surface area contributed by atoms with Crippen LogP contribution in [0.2, 0.25) is 0 Å². The lowest BCUT2D eigenvalue weighted by Gasteiger charge is -2.01. The van der Waals surface area contributed by atoms with E-state index in [0.717, 1.165) is 5.56 Å². The minimum Gasteiger partial charge on any atom is -0.384 e. The molecule has 0 radical (unpaired) electrons. The zero-order valence-corrected chi connectivity index (χ0v) is 8.42. The second-order valence-electron chi connectivity index (χ2n) is 3.41. The summed E-state index contributed by atoms with van der Waals surface area (Å²) in [6, 6.07) is 3.61. The van der Waals surface area contributed by atoms with Crippen LogP contribution >= 0.6 is 0 Å². The molecule has 0 aromatic carbocycles. The van der Waals surface area contributed by atoms with Crippen LogP contribution in [0.15, 0.2) is 35.5 Å². The lowest BCUT2D eigenvalue weighted by atomic mass is 10.2. The first-order valence-corrected chi connectivity index (χ1v) is 4.59. The summed E-state index contributed by atoms with van der Waals surface area (Å²) in [5.41, 5.74) is 6.48. The molecule has 0 saturated carbocycles. The summed E-state index contributed by atoms with van der Waals surface area (Å²) in [6.07, 6.45) is 5.12. The van der Waals surface area contributed by atoms with Crippen molar-refractivity contribution in [2.45, 2.75) is 6.54 Å². The van der Waals surface area contributed by atoms with Crippen LogP contribution in [0.25, 0.3) is 0 Å². The van der Waals surface area contributed by atoms with E-state index in [-0.39, 0.29) is 5.69 Å². The Morgan fingerprint density at radius 1 is 1.47 bits per heavy atom. The van der Waals surface area contributed by atoms with Crippen LogP contribution in [0.3, 0.4) is 0 Å². The van der Waals surface area contributed by atoms with Gasteiger partial charge in [-0.2, -0.15) is 0 Å². The Morgan fingerprint density at radius 2 is 2.27 bits per heavy atom. The Balaban J connectivity index is 2.30. The second-order valence-corrected chi connectivity index (χ2v) is 3.41. The Labute approximate surface area is 86.8 Å². The molecule has 0 fully saturated rings. The van der Waals surface area contributed by atoms with Crippen molar-refractivity contribution < 1.29 is 0 Å². The van der Waals surface area contributed by atoms with Gasteiger partial charge in [0.1, 0.15) is 5.82 Å². The van der Waals surface area contributed by atoms with E-state index in [9.17, 15) is 4.79 Å². The van der Waals surface area contributed by atoms with E-state index in [1.807, 2.05) is 6.07 Å². The molecule has 0 bridgehead atoms. The number of aromatic nitrogens is 3. The monoisotopic (exact) mass is 204 g/mol. The molecule has 2 N–H and O–H groups in total. The Hall–Kier alpha value is -2.04. The molecule has 0 aliphatic heterocycles. The summed E-state index contributed by atoms with van der Waals surface area (Å²) in [7, 11) is 1.72. The van der Waals surface area contributed by atoms with Crippen molar-refractivity contribution in [2.75, 3.05) is 5.73 Å². The van der Waals surface area contributed by atoms with E-state index in [0.29, 0.717) is 12.4 Å². The van der Waals surface area contributed by atoms with Crippen molar-refractivity contribution in [3.8, 4) is 0 Å². The number of nitrogens with two attached hydrogens (primary N) is 1. The predicted molar refractivity (Wildman–Crippen MR) is 57.4 cm³/mol. The van der Waals surface area contributed by atoms with E-state index in [1.54, 1.807) is 36.3 Å². The van der Waals surface area contributed by atoms with Gasteiger partial charge in [-0.05, 0) is 17.7 Å². The predicted octanol–water partition coefficient (Wildman–Crippen LogP) is 0.212. The van der Waals surface area contributed by atoms with Crippen molar-refractivity contribution in [2.24, 2.45) is 7.05 Å². The third-order valence-electron chi connectivity index (χ3n) is 2.22. The molecule has 5 nitrogen and oxygen atoms in total. The normalized spacial score (nSPS) is 10.5. The Morgan fingerprint density at radius 3 is 2.87 bits per heavy atom. The highest BCUT2D eigenvalue weighted by atomic mass is 16.1. The fourth-order valence-electron chi connectivity index (χ4n) is 1.42. The van der Waals surface area contributed by atoms with Crippen molar-refractivity contribution in [1.82, 2.24) is 14.1 Å². The van der Waals surface area contributed by atoms with Gasteiger partial charge in [0, 0.05) is 25.6 Å². The number of rotatable bonds is 2. The quantitative estimate of drug-likeness (QED) is 0.760. The molecule has 2 aromatic rings. The fraction of sp³-hybridized carbons (Fsp3) is 0.200. The largest absolute Gasteiger partial charge is 0.384 e. The summed E-state index contributed by atoms with van der Waals surface area (Å²) < 4.78 is 3.15. The Bertz CT molecular complexity index is 526. The maximum atomic E-state index is 11.5. The third kappa shape index (κ3) is 1.90. The number of imidazole rings is 1. The van der Waals surface area contributed by atoms with Crippen molar-refractivity contribution in [3.05, 3.63) is 46.8 Å². The van der Waals surface area contributed by atoms with Crippen LogP contribution in [-0.4, -0.2) is 14.1 Å². The summed E-state index contributed by atoms with van der Waals surface area (Å²) >= 11 is 0. The van der Waals surface area contributed by atoms with Crippen LogP contribution in [0.4, 0.5) is 5.82 Å². The fourth-order valence-corrected chi connectivity index (χ4v) is 1.42. The molecule has 0 aliphatic rings. The van der Waals surface area contributed by atoms with Gasteiger partial charge in [0.25, 0.3) is 0 Å². The van der Waals surface area contributed by atoms with E-state index >= 15 is 0 Å². The van der Waals surface area contributed by atoms with Crippen molar-refractivity contribution in [3.63, 3.8) is 0 Å². The first-order valence-electron chi connectivity index (χ1n) is 4.59. The number of anilines is 1. The van der Waals surface area contributed by atoms with E-state index in [1.165, 1.54) is 4.57 Å². The number of hydrogen-bond acceptors (Lipinski definition) is 3. The molecule has 5 heteroatoms. The topological polar surface area (TPSA) is 65.8 Å². The van der Waals surface area contributed by atoms with Crippen molar-refractivity contribution in [1.29, 1.82) is 0 Å². The summed E-state index contributed by atoms with van der Waals surface area (Å²) in [6.45, 7) is 0.520. The maximum absolute atomic E-state index is 11.5. The molecular weight excluding hydrogens is 192 g/mol. The SMILES string of the molecule is Cn1ccn(Cc2ccnc(N)c2)c1=O. The van der Waals surface area contributed by atoms with Crippen molar-refractivity contribution >= 4 is 5.82 Å². The highest BCUT2D eigenvalue weighted by Crippen LogP contribution is 2.03. The van der Waals surface area contributed by atoms with Crippen LogP contribution in [0, 0.1) is 0 Å². The minimum absolute atomic E-state index is 0.0367. The average Bonchev–Trinajstić information content (AvgIpc) is 2.50. The van der Waals surface area contributed by atoms with Gasteiger partial charge in [0.2, 0.25) is 0 Å². The summed E-state index contributed by atoms with van der Waals surface area (Å²) in [5, 5.41) is 0. The number of aryl methyl sites for hydroxylation is 1. The van der Waals surface area contributed by atoms with Gasteiger partial charge >= 0.3 is 5.69 Å². The number of pyridine rings is 1. The Kier molecular flexibility index (Phi) is 2.29. The molecule has 2 rings (SSSR count). The molecule has 0 aliphatic carbocycles. The smallest absolute Gasteiger partial charge is 0.328 e. The number of hydrogen-bond donors (Lipinski definition) is 1. The van der Waals surface area contributed by atoms with Crippen LogP contribution in [0.5, 0.6) is 0 Å². The zero-order valence-electron chi connectivity index (χ0n) is 8.42. The van der Waals surface area contributed by atoms with Gasteiger partial charge in [0.15, 0.2) is 0 Å². The lowest BCUT2D eigenvalue weighted by Crippen LogP contribution is -2.22. The van der Waals surface area contributed by atoms with Gasteiger partial charge in [-0.1, -0.05) is 0 Å². The molecule has 78 valence electrons. The summed E-state index contributed by atoms with van der Waals surface area (Å²) in [5.74, 6) is 0.469. The second kappa shape index (κ2) is 3.61. The van der Waals surface area contributed by atoms with Crippen LogP contribution in [-0.2, 0) is 13.6 Å². The lowest BCUT2D eigenvalue weighted by molar-refractivity contribution is 0.717. The van der Waals surface area contributed by atoms with E-state index in [2.05, 4.69) is 4.98 Å². The number of nitrogens with zero attached hydrogens (tertiary/aromatic N) is 3. The molecule has 15 heavy (non-hydrogen) atoms. The number of nitrogen functional groups attached to an aromatic ring is 1. The standard InChI is InChI=1S/C10H12N4O/c1-13-4-5-14(10(13)15)7-8-2-3-12-9(11)6-8/h2-6H,7H2,1H3,(H2,11,12). The van der Waals surface area contributed by atoms with Gasteiger partial charge in [-0.3, -0.25) is 4.57 Å². The molecule has 0 spiro atoms. The van der Waals surface area contributed by atoms with E-state index < -0.39 is 0 Å². The van der Waals surface area contributed by atoms with Crippen LogP contribution in [0.1, 0.15) is 5.56 Å². The molecular formula is C10H12N4O. The van der Waals surface area contributed by atoms with Crippen LogP contribution < -0.4 is 11.4 Å². The highest BCUT2D eigenvalue weighted by Gasteiger charge is 2.01. The molecule has 0 saturated heterocycles. The summed E-state index contributed by atoms with van der Waals surface area (Å²) in [4.78, 5) is 15.4. The van der Waals surface area contributed by atoms with Gasteiger partial charge in [-0.15, -0.1) is 0 Å².